The summed E-state index contributed by atoms with van der Waals surface area (Å²) in [7, 11) is 0. The second kappa shape index (κ2) is 9.27. The van der Waals surface area contributed by atoms with Gasteiger partial charge in [-0.15, -0.1) is 11.3 Å². The van der Waals surface area contributed by atoms with Gasteiger partial charge in [0.25, 0.3) is 0 Å². The fourth-order valence-electron chi connectivity index (χ4n) is 2.18. The minimum Gasteiger partial charge on any atom is -0.392 e. The average Bonchev–Trinajstić information content (AvgIpc) is 2.98. The third kappa shape index (κ3) is 5.65. The fraction of sp³-hybridized carbons (Fsp3) is 0.412. The Bertz CT molecular complexity index is 639. The quantitative estimate of drug-likeness (QED) is 0.537. The van der Waals surface area contributed by atoms with Crippen LogP contribution < -0.4 is 10.6 Å². The first kappa shape index (κ1) is 17.4. The van der Waals surface area contributed by atoms with Crippen molar-refractivity contribution in [3.05, 3.63) is 51.5 Å². The van der Waals surface area contributed by atoms with Gasteiger partial charge in [0.05, 0.1) is 18.2 Å². The lowest BCUT2D eigenvalue weighted by Crippen LogP contribution is -2.38. The molecule has 0 saturated heterocycles. The number of aryl methyl sites for hydroxylation is 1. The molecule has 0 fully saturated rings. The lowest BCUT2D eigenvalue weighted by molar-refractivity contribution is 0.280. The highest BCUT2D eigenvalue weighted by molar-refractivity contribution is 7.11. The Labute approximate surface area is 141 Å². The zero-order valence-corrected chi connectivity index (χ0v) is 14.5. The third-order valence-electron chi connectivity index (χ3n) is 3.34. The number of nitrogens with one attached hydrogen (secondary N) is 2. The molecule has 6 heteroatoms. The molecule has 0 saturated carbocycles. The summed E-state index contributed by atoms with van der Waals surface area (Å²) in [5, 5.41) is 17.1. The largest absolute Gasteiger partial charge is 0.392 e. The number of guanidine groups is 1. The number of benzene rings is 1. The van der Waals surface area contributed by atoms with Gasteiger partial charge in [-0.05, 0) is 25.0 Å². The highest BCUT2D eigenvalue weighted by Crippen LogP contribution is 2.11. The molecule has 1 aromatic carbocycles. The van der Waals surface area contributed by atoms with Crippen molar-refractivity contribution in [3.63, 3.8) is 0 Å². The molecule has 0 aliphatic rings. The summed E-state index contributed by atoms with van der Waals surface area (Å²) in [5.41, 5.74) is 1.97. The summed E-state index contributed by atoms with van der Waals surface area (Å²) in [6.07, 6.45) is 2.79. The molecule has 23 heavy (non-hydrogen) atoms. The van der Waals surface area contributed by atoms with Gasteiger partial charge in [0.2, 0.25) is 0 Å². The number of aliphatic hydroxyl groups is 1. The van der Waals surface area contributed by atoms with Gasteiger partial charge in [-0.25, -0.2) is 9.98 Å². The molecule has 5 nitrogen and oxygen atoms in total. The molecule has 0 aliphatic carbocycles. The molecule has 0 radical (unpaired) electrons. The van der Waals surface area contributed by atoms with Crippen LogP contribution in [0.4, 0.5) is 0 Å². The van der Waals surface area contributed by atoms with Gasteiger partial charge in [0.15, 0.2) is 5.96 Å². The van der Waals surface area contributed by atoms with Crippen LogP contribution >= 0.6 is 11.3 Å². The molecular weight excluding hydrogens is 308 g/mol. The number of aromatic nitrogens is 1. The van der Waals surface area contributed by atoms with Gasteiger partial charge in [-0.1, -0.05) is 24.3 Å². The van der Waals surface area contributed by atoms with E-state index in [1.165, 1.54) is 4.88 Å². The molecule has 2 rings (SSSR count). The van der Waals surface area contributed by atoms with Crippen LogP contribution in [0.2, 0.25) is 0 Å². The van der Waals surface area contributed by atoms with Crippen molar-refractivity contribution in [2.45, 2.75) is 33.4 Å². The van der Waals surface area contributed by atoms with E-state index in [0.29, 0.717) is 6.54 Å². The van der Waals surface area contributed by atoms with Crippen LogP contribution in [0.3, 0.4) is 0 Å². The van der Waals surface area contributed by atoms with Crippen LogP contribution in [0.15, 0.2) is 35.5 Å². The summed E-state index contributed by atoms with van der Waals surface area (Å²) < 4.78 is 0. The van der Waals surface area contributed by atoms with Crippen LogP contribution in [0, 0.1) is 6.92 Å². The normalized spacial score (nSPS) is 11.5. The summed E-state index contributed by atoms with van der Waals surface area (Å²) in [5.74, 6) is 0.786. The molecule has 124 valence electrons. The summed E-state index contributed by atoms with van der Waals surface area (Å²) in [6, 6.07) is 7.82. The summed E-state index contributed by atoms with van der Waals surface area (Å²) in [4.78, 5) is 10.2. The maximum Gasteiger partial charge on any atom is 0.191 e. The van der Waals surface area contributed by atoms with E-state index in [1.807, 2.05) is 37.4 Å². The second-order valence-electron chi connectivity index (χ2n) is 5.16. The number of hydrogen-bond donors (Lipinski definition) is 3. The van der Waals surface area contributed by atoms with Crippen LogP contribution in [0.5, 0.6) is 0 Å². The van der Waals surface area contributed by atoms with Crippen LogP contribution in [-0.4, -0.2) is 29.1 Å². The van der Waals surface area contributed by atoms with Crippen molar-refractivity contribution in [2.75, 3.05) is 13.1 Å². The van der Waals surface area contributed by atoms with E-state index in [2.05, 4.69) is 27.5 Å². The summed E-state index contributed by atoms with van der Waals surface area (Å²) in [6.45, 7) is 6.30. The molecule has 0 unspecified atom stereocenters. The highest BCUT2D eigenvalue weighted by Gasteiger charge is 2.03. The Morgan fingerprint density at radius 2 is 2.04 bits per heavy atom. The standard InChI is InChI=1S/C17H24N4OS/c1-3-18-17(19-9-8-16-20-10-13(2)23-16)21-11-14-6-4-5-7-15(14)12-22/h4-7,10,22H,3,8-9,11-12H2,1-2H3,(H2,18,19,21). The second-order valence-corrected chi connectivity index (χ2v) is 6.48. The molecule has 1 aromatic heterocycles. The number of hydrogen-bond acceptors (Lipinski definition) is 4. The van der Waals surface area contributed by atoms with E-state index >= 15 is 0 Å². The number of aliphatic hydroxyl groups excluding tert-OH is 1. The monoisotopic (exact) mass is 332 g/mol. The molecule has 2 aromatic rings. The van der Waals surface area contributed by atoms with Crippen molar-refractivity contribution in [1.82, 2.24) is 15.6 Å². The molecule has 0 spiro atoms. The van der Waals surface area contributed by atoms with Crippen LogP contribution in [-0.2, 0) is 19.6 Å². The Balaban J connectivity index is 1.91. The lowest BCUT2D eigenvalue weighted by atomic mass is 10.1. The Kier molecular flexibility index (Phi) is 7.03. The van der Waals surface area contributed by atoms with E-state index in [-0.39, 0.29) is 6.61 Å². The van der Waals surface area contributed by atoms with E-state index < -0.39 is 0 Å². The molecule has 0 bridgehead atoms. The lowest BCUT2D eigenvalue weighted by Gasteiger charge is -2.11. The molecule has 3 N–H and O–H groups in total. The first-order chi connectivity index (χ1) is 11.2. The Hall–Kier alpha value is -1.92. The van der Waals surface area contributed by atoms with Crippen LogP contribution in [0.1, 0.15) is 27.9 Å². The van der Waals surface area contributed by atoms with Crippen LogP contribution in [0.25, 0.3) is 0 Å². The van der Waals surface area contributed by atoms with E-state index in [4.69, 9.17) is 0 Å². The first-order valence-corrected chi connectivity index (χ1v) is 8.65. The fourth-order valence-corrected chi connectivity index (χ4v) is 2.96. The van der Waals surface area contributed by atoms with Crippen molar-refractivity contribution in [3.8, 4) is 0 Å². The summed E-state index contributed by atoms with van der Waals surface area (Å²) >= 11 is 1.73. The predicted molar refractivity (Wildman–Crippen MR) is 95.7 cm³/mol. The number of nitrogens with zero attached hydrogens (tertiary/aromatic N) is 2. The zero-order valence-electron chi connectivity index (χ0n) is 13.7. The number of rotatable bonds is 7. The topological polar surface area (TPSA) is 69.5 Å². The zero-order chi connectivity index (χ0) is 16.5. The molecule has 0 aliphatic heterocycles. The minimum atomic E-state index is 0.0407. The van der Waals surface area contributed by atoms with E-state index in [1.54, 1.807) is 11.3 Å². The van der Waals surface area contributed by atoms with Crippen molar-refractivity contribution < 1.29 is 5.11 Å². The molecule has 1 heterocycles. The van der Waals surface area contributed by atoms with Gasteiger partial charge in [-0.2, -0.15) is 0 Å². The highest BCUT2D eigenvalue weighted by atomic mass is 32.1. The van der Waals surface area contributed by atoms with E-state index in [0.717, 1.165) is 41.6 Å². The van der Waals surface area contributed by atoms with Crippen molar-refractivity contribution >= 4 is 17.3 Å². The maximum absolute atomic E-state index is 9.37. The number of aliphatic imine (C=N–C) groups is 1. The number of thiazole rings is 1. The third-order valence-corrected chi connectivity index (χ3v) is 4.31. The predicted octanol–water partition coefficient (Wildman–Crippen LogP) is 2.24. The van der Waals surface area contributed by atoms with Gasteiger partial charge < -0.3 is 15.7 Å². The molecular formula is C17H24N4OS. The minimum absolute atomic E-state index is 0.0407. The molecule has 0 atom stereocenters. The molecule has 0 amide bonds. The Morgan fingerprint density at radius 1 is 1.26 bits per heavy atom. The van der Waals surface area contributed by atoms with Gasteiger partial charge >= 0.3 is 0 Å². The Morgan fingerprint density at radius 3 is 2.70 bits per heavy atom. The van der Waals surface area contributed by atoms with Gasteiger partial charge in [0.1, 0.15) is 0 Å². The van der Waals surface area contributed by atoms with E-state index in [9.17, 15) is 5.11 Å². The van der Waals surface area contributed by atoms with Gasteiger partial charge in [0, 0.05) is 30.6 Å². The van der Waals surface area contributed by atoms with Gasteiger partial charge in [-0.3, -0.25) is 0 Å². The maximum atomic E-state index is 9.37. The van der Waals surface area contributed by atoms with Crippen molar-refractivity contribution in [2.24, 2.45) is 4.99 Å². The SMILES string of the molecule is CCNC(=NCc1ccccc1CO)NCCc1ncc(C)s1. The first-order valence-electron chi connectivity index (χ1n) is 7.84. The average molecular weight is 332 g/mol. The van der Waals surface area contributed by atoms with Crippen molar-refractivity contribution in [1.29, 1.82) is 0 Å². The smallest absolute Gasteiger partial charge is 0.191 e.